The van der Waals surface area contributed by atoms with Gasteiger partial charge in [-0.2, -0.15) is 0 Å². The van der Waals surface area contributed by atoms with Crippen LogP contribution in [-0.2, 0) is 16.6 Å². The first-order valence-electron chi connectivity index (χ1n) is 13.2. The summed E-state index contributed by atoms with van der Waals surface area (Å²) in [6, 6.07) is 11.9. The third-order valence-electron chi connectivity index (χ3n) is 6.77. The predicted octanol–water partition coefficient (Wildman–Crippen LogP) is 6.79. The molecule has 0 unspecified atom stereocenters. The number of amides is 1. The van der Waals surface area contributed by atoms with Gasteiger partial charge in [-0.3, -0.25) is 0 Å². The molecule has 0 atom stereocenters. The number of ether oxygens (including phenoxy) is 2. The number of rotatable bonds is 13. The molecule has 4 rings (SSSR count). The van der Waals surface area contributed by atoms with E-state index < -0.39 is 26.8 Å². The van der Waals surface area contributed by atoms with E-state index in [0.717, 1.165) is 32.7 Å². The summed E-state index contributed by atoms with van der Waals surface area (Å²) >= 11 is 13.9. The maximum Gasteiger partial charge on any atom is 0.407 e. The fraction of sp³-hybridized carbons (Fsp3) is 0.241. The van der Waals surface area contributed by atoms with E-state index in [2.05, 4.69) is 10.3 Å². The van der Waals surface area contributed by atoms with Crippen molar-refractivity contribution in [1.29, 1.82) is 0 Å². The third-order valence-corrected chi connectivity index (χ3v) is 9.98. The topological polar surface area (TPSA) is 125 Å². The third kappa shape index (κ3) is 7.82. The average molecular weight is 699 g/mol. The van der Waals surface area contributed by atoms with E-state index in [1.807, 2.05) is 0 Å². The Morgan fingerprint density at radius 1 is 1.04 bits per heavy atom. The first-order valence-corrected chi connectivity index (χ1v) is 16.3. The molecule has 11 nitrogen and oxygen atoms in total. The van der Waals surface area contributed by atoms with Gasteiger partial charge in [0.15, 0.2) is 5.13 Å². The Kier molecular flexibility index (Phi) is 10.9. The largest absolute Gasteiger partial charge is 0.497 e. The zero-order valence-electron chi connectivity index (χ0n) is 24.6. The molecule has 0 radical (unpaired) electrons. The van der Waals surface area contributed by atoms with Crippen LogP contribution in [0.25, 0.3) is 0 Å². The number of hydrogen-bond donors (Lipinski definition) is 2. The maximum absolute atomic E-state index is 15.8. The molecule has 0 saturated heterocycles. The first kappa shape index (κ1) is 33.9. The van der Waals surface area contributed by atoms with E-state index in [0.29, 0.717) is 40.0 Å². The van der Waals surface area contributed by atoms with E-state index in [1.54, 1.807) is 53.7 Å². The van der Waals surface area contributed by atoms with Crippen molar-refractivity contribution >= 4 is 72.8 Å². The van der Waals surface area contributed by atoms with Crippen molar-refractivity contribution in [3.8, 4) is 11.5 Å². The van der Waals surface area contributed by atoms with Crippen LogP contribution in [0.4, 0.5) is 31.4 Å². The summed E-state index contributed by atoms with van der Waals surface area (Å²) < 4.78 is 55.4. The van der Waals surface area contributed by atoms with Crippen molar-refractivity contribution < 1.29 is 32.2 Å². The molecule has 0 bridgehead atoms. The van der Waals surface area contributed by atoms with Gasteiger partial charge in [-0.25, -0.2) is 26.9 Å². The van der Waals surface area contributed by atoms with Gasteiger partial charge in [-0.05, 0) is 36.4 Å². The highest BCUT2D eigenvalue weighted by molar-refractivity contribution is 7.93. The van der Waals surface area contributed by atoms with Gasteiger partial charge in [0.1, 0.15) is 22.2 Å². The van der Waals surface area contributed by atoms with Crippen LogP contribution in [0.5, 0.6) is 11.5 Å². The summed E-state index contributed by atoms with van der Waals surface area (Å²) in [5, 5.41) is 14.3. The molecule has 0 saturated carbocycles. The highest BCUT2D eigenvalue weighted by Crippen LogP contribution is 2.38. The lowest BCUT2D eigenvalue weighted by atomic mass is 10.2. The molecule has 16 heteroatoms. The number of carbonyl (C=O) groups is 1. The fourth-order valence-corrected chi connectivity index (χ4v) is 7.04. The molecular formula is C29H30Cl2FN5O6S2. The van der Waals surface area contributed by atoms with Crippen LogP contribution in [0.2, 0.25) is 10.0 Å². The van der Waals surface area contributed by atoms with Gasteiger partial charge in [0, 0.05) is 61.5 Å². The van der Waals surface area contributed by atoms with E-state index in [1.165, 1.54) is 27.5 Å². The van der Waals surface area contributed by atoms with Gasteiger partial charge in [0.25, 0.3) is 10.0 Å². The van der Waals surface area contributed by atoms with Gasteiger partial charge < -0.3 is 29.7 Å². The van der Waals surface area contributed by atoms with Gasteiger partial charge in [-0.1, -0.05) is 23.2 Å². The number of thiazole rings is 1. The number of nitrogens with one attached hydrogen (secondary N) is 1. The molecule has 1 heterocycles. The number of sulfonamides is 1. The van der Waals surface area contributed by atoms with Gasteiger partial charge in [0.2, 0.25) is 0 Å². The lowest BCUT2D eigenvalue weighted by Gasteiger charge is -2.26. The number of hydrogen-bond acceptors (Lipinski definition) is 9. The molecule has 4 aromatic rings. The lowest BCUT2D eigenvalue weighted by molar-refractivity contribution is 0.157. The van der Waals surface area contributed by atoms with E-state index in [9.17, 15) is 13.2 Å². The van der Waals surface area contributed by atoms with Crippen LogP contribution in [0.3, 0.4) is 0 Å². The summed E-state index contributed by atoms with van der Waals surface area (Å²) in [6.45, 7) is 0.317. The van der Waals surface area contributed by atoms with Crippen molar-refractivity contribution in [2.45, 2.75) is 11.4 Å². The molecule has 0 aliphatic rings. The van der Waals surface area contributed by atoms with Crippen LogP contribution >= 0.6 is 34.5 Å². The molecule has 0 spiro atoms. The molecule has 1 amide bonds. The minimum atomic E-state index is -4.53. The minimum absolute atomic E-state index is 0.0646. The number of aromatic nitrogens is 1. The Bertz CT molecular complexity index is 1780. The van der Waals surface area contributed by atoms with E-state index in [4.69, 9.17) is 37.8 Å². The smallest absolute Gasteiger partial charge is 0.407 e. The molecule has 0 fully saturated rings. The fourth-order valence-electron chi connectivity index (χ4n) is 4.26. The molecule has 3 aromatic carbocycles. The minimum Gasteiger partial charge on any atom is -0.497 e. The van der Waals surface area contributed by atoms with Crippen LogP contribution in [0.1, 0.15) is 5.56 Å². The Morgan fingerprint density at radius 3 is 2.44 bits per heavy atom. The summed E-state index contributed by atoms with van der Waals surface area (Å²) in [6.07, 6.45) is 0.381. The molecule has 0 aliphatic carbocycles. The summed E-state index contributed by atoms with van der Waals surface area (Å²) in [5.41, 5.74) is 1.66. The molecular weight excluding hydrogens is 668 g/mol. The molecule has 2 N–H and O–H groups in total. The van der Waals surface area contributed by atoms with Crippen LogP contribution in [-0.4, -0.2) is 70.9 Å². The van der Waals surface area contributed by atoms with Crippen molar-refractivity contribution in [3.05, 3.63) is 81.5 Å². The van der Waals surface area contributed by atoms with Gasteiger partial charge in [-0.15, -0.1) is 11.3 Å². The number of benzene rings is 3. The number of methoxy groups -OCH3 is 2. The second-order valence-corrected chi connectivity index (χ2v) is 13.2. The monoisotopic (exact) mass is 697 g/mol. The number of anilines is 4. The highest BCUT2D eigenvalue weighted by atomic mass is 35.5. The second kappa shape index (κ2) is 14.4. The normalized spacial score (nSPS) is 11.2. The van der Waals surface area contributed by atoms with Crippen LogP contribution in [0, 0.1) is 5.82 Å². The standard InChI is InChI=1S/C29H30Cl2FN5O6S2/c1-35(10-11-36(2)29(38)39)25-13-19(30)6-8-23(25)34-24-16-22(32)27(15-21(24)31)45(40,41)37(28-33-9-12-44-28)17-18-5-7-20(42-3)14-26(18)43-4/h5-9,12-16,34H,10-11,17H2,1-4H3,(H,38,39). The Labute approximate surface area is 274 Å². The Hall–Kier alpha value is -3.98. The Morgan fingerprint density at radius 2 is 1.80 bits per heavy atom. The number of halogens is 3. The van der Waals surface area contributed by atoms with Crippen LogP contribution in [0.15, 0.2) is 65.0 Å². The molecule has 45 heavy (non-hydrogen) atoms. The SMILES string of the molecule is COc1ccc(CN(c2nccs2)S(=O)(=O)c2cc(Cl)c(Nc3ccc(Cl)cc3N(C)CCN(C)C(=O)O)cc2F)c(OC)c1. The van der Waals surface area contributed by atoms with Crippen LogP contribution < -0.4 is 24.0 Å². The van der Waals surface area contributed by atoms with Gasteiger partial charge >= 0.3 is 6.09 Å². The van der Waals surface area contributed by atoms with Gasteiger partial charge in [0.05, 0.1) is 42.8 Å². The summed E-state index contributed by atoms with van der Waals surface area (Å²) in [4.78, 5) is 17.6. The number of carboxylic acid groups (broad SMARTS) is 1. The summed E-state index contributed by atoms with van der Waals surface area (Å²) in [5.74, 6) is -0.151. The summed E-state index contributed by atoms with van der Waals surface area (Å²) in [7, 11) is 1.62. The number of likely N-dealkylation sites (N-methyl/N-ethyl adjacent to an activating group) is 2. The van der Waals surface area contributed by atoms with E-state index in [-0.39, 0.29) is 28.9 Å². The van der Waals surface area contributed by atoms with Crippen molar-refractivity contribution in [2.75, 3.05) is 55.9 Å². The van der Waals surface area contributed by atoms with Crippen molar-refractivity contribution in [3.63, 3.8) is 0 Å². The Balaban J connectivity index is 1.68. The average Bonchev–Trinajstić information content (AvgIpc) is 3.55. The lowest BCUT2D eigenvalue weighted by Crippen LogP contribution is -2.34. The van der Waals surface area contributed by atoms with Crippen molar-refractivity contribution in [1.82, 2.24) is 9.88 Å². The predicted molar refractivity (Wildman–Crippen MR) is 175 cm³/mol. The second-order valence-electron chi connectivity index (χ2n) is 9.68. The van der Waals surface area contributed by atoms with E-state index >= 15 is 4.39 Å². The zero-order chi connectivity index (χ0) is 32.9. The number of nitrogens with zero attached hydrogens (tertiary/aromatic N) is 4. The molecule has 0 aliphatic heterocycles. The molecule has 240 valence electrons. The highest BCUT2D eigenvalue weighted by Gasteiger charge is 2.32. The maximum atomic E-state index is 15.8. The first-order chi connectivity index (χ1) is 21.3. The van der Waals surface area contributed by atoms with Crippen molar-refractivity contribution in [2.24, 2.45) is 0 Å². The molecule has 1 aromatic heterocycles. The quantitative estimate of drug-likeness (QED) is 0.155. The zero-order valence-corrected chi connectivity index (χ0v) is 27.8.